The Balaban J connectivity index is 1.85. The summed E-state index contributed by atoms with van der Waals surface area (Å²) >= 11 is 1.70. The zero-order chi connectivity index (χ0) is 12.1. The van der Waals surface area contributed by atoms with E-state index in [1.807, 2.05) is 0 Å². The summed E-state index contributed by atoms with van der Waals surface area (Å²) in [5, 5.41) is 4.21. The largest absolute Gasteiger partial charge is 0.330 e. The Kier molecular flexibility index (Phi) is 4.75. The number of carbonyl (C=O) groups is 1. The number of hydrogen-bond donors (Lipinski definition) is 1. The number of Topliss-reactive ketones (excluding diaryl/α,β-unsaturated/α-hetero) is 1. The number of hydrogen-bond acceptors (Lipinski definition) is 3. The smallest absolute Gasteiger partial charge is 0.136 e. The fourth-order valence-corrected chi connectivity index (χ4v) is 3.50. The molecule has 1 aromatic rings. The van der Waals surface area contributed by atoms with Gasteiger partial charge in [-0.3, -0.25) is 4.79 Å². The zero-order valence-corrected chi connectivity index (χ0v) is 11.0. The third-order valence-corrected chi connectivity index (χ3v) is 4.60. The molecule has 1 saturated carbocycles. The summed E-state index contributed by atoms with van der Waals surface area (Å²) in [7, 11) is 0. The Morgan fingerprint density at radius 3 is 2.94 bits per heavy atom. The van der Waals surface area contributed by atoms with Gasteiger partial charge in [-0.2, -0.15) is 11.3 Å². The summed E-state index contributed by atoms with van der Waals surface area (Å²) in [6.07, 6.45) is 6.24. The van der Waals surface area contributed by atoms with Crippen molar-refractivity contribution in [3.05, 3.63) is 22.4 Å². The Morgan fingerprint density at radius 1 is 1.41 bits per heavy atom. The molecule has 0 saturated heterocycles. The molecule has 2 rings (SSSR count). The molecule has 0 bridgehead atoms. The number of rotatable bonds is 5. The van der Waals surface area contributed by atoms with Crippen molar-refractivity contribution in [3.63, 3.8) is 0 Å². The van der Waals surface area contributed by atoms with Crippen LogP contribution in [0.1, 0.15) is 37.7 Å². The molecule has 1 fully saturated rings. The Bertz CT molecular complexity index is 347. The van der Waals surface area contributed by atoms with E-state index in [1.165, 1.54) is 18.4 Å². The molecule has 0 aliphatic heterocycles. The average Bonchev–Trinajstić information content (AvgIpc) is 2.89. The highest BCUT2D eigenvalue weighted by Gasteiger charge is 2.29. The maximum Gasteiger partial charge on any atom is 0.136 e. The van der Waals surface area contributed by atoms with Crippen molar-refractivity contribution in [3.8, 4) is 0 Å². The molecule has 0 radical (unpaired) electrons. The summed E-state index contributed by atoms with van der Waals surface area (Å²) in [5.74, 6) is 1.12. The van der Waals surface area contributed by atoms with Gasteiger partial charge in [-0.25, -0.2) is 0 Å². The van der Waals surface area contributed by atoms with E-state index in [-0.39, 0.29) is 5.92 Å². The van der Waals surface area contributed by atoms with Gasteiger partial charge in [-0.15, -0.1) is 0 Å². The third-order valence-electron chi connectivity index (χ3n) is 3.87. The van der Waals surface area contributed by atoms with Gasteiger partial charge in [0.2, 0.25) is 0 Å². The molecule has 1 aliphatic rings. The SMILES string of the molecule is NCC1CCCCC1C(=O)CCc1ccsc1. The average molecular weight is 251 g/mol. The van der Waals surface area contributed by atoms with Gasteiger partial charge < -0.3 is 5.73 Å². The van der Waals surface area contributed by atoms with Gasteiger partial charge in [0.1, 0.15) is 5.78 Å². The molecule has 0 spiro atoms. The first kappa shape index (κ1) is 12.8. The number of nitrogens with two attached hydrogens (primary N) is 1. The summed E-state index contributed by atoms with van der Waals surface area (Å²) in [4.78, 5) is 12.2. The second kappa shape index (κ2) is 6.31. The van der Waals surface area contributed by atoms with Crippen molar-refractivity contribution < 1.29 is 4.79 Å². The molecular formula is C14H21NOS. The van der Waals surface area contributed by atoms with Crippen LogP contribution in [0.25, 0.3) is 0 Å². The second-order valence-corrected chi connectivity index (χ2v) is 5.76. The van der Waals surface area contributed by atoms with Crippen LogP contribution in [0.3, 0.4) is 0 Å². The molecule has 2 unspecified atom stereocenters. The Morgan fingerprint density at radius 2 is 2.24 bits per heavy atom. The molecule has 2 atom stereocenters. The third kappa shape index (κ3) is 3.39. The van der Waals surface area contributed by atoms with E-state index in [1.54, 1.807) is 11.3 Å². The molecule has 1 aliphatic carbocycles. The van der Waals surface area contributed by atoms with Crippen LogP contribution in [0.4, 0.5) is 0 Å². The van der Waals surface area contributed by atoms with Crippen molar-refractivity contribution in [2.75, 3.05) is 6.54 Å². The molecule has 0 amide bonds. The Hall–Kier alpha value is -0.670. The summed E-state index contributed by atoms with van der Waals surface area (Å²) in [6, 6.07) is 2.11. The predicted octanol–water partition coefficient (Wildman–Crippen LogP) is 3.01. The van der Waals surface area contributed by atoms with Crippen LogP contribution in [0, 0.1) is 11.8 Å². The molecule has 0 aromatic carbocycles. The lowest BCUT2D eigenvalue weighted by atomic mass is 9.76. The fraction of sp³-hybridized carbons (Fsp3) is 0.643. The molecule has 94 valence electrons. The summed E-state index contributed by atoms with van der Waals surface area (Å²) in [5.41, 5.74) is 7.07. The molecule has 1 aromatic heterocycles. The van der Waals surface area contributed by atoms with Gasteiger partial charge in [0.15, 0.2) is 0 Å². The van der Waals surface area contributed by atoms with Gasteiger partial charge in [0.05, 0.1) is 0 Å². The minimum Gasteiger partial charge on any atom is -0.330 e. The minimum atomic E-state index is 0.243. The fourth-order valence-electron chi connectivity index (χ4n) is 2.80. The first-order chi connectivity index (χ1) is 8.31. The highest BCUT2D eigenvalue weighted by molar-refractivity contribution is 7.07. The van der Waals surface area contributed by atoms with E-state index in [0.717, 1.165) is 19.3 Å². The van der Waals surface area contributed by atoms with E-state index in [0.29, 0.717) is 24.7 Å². The quantitative estimate of drug-likeness (QED) is 0.874. The minimum absolute atomic E-state index is 0.243. The normalized spacial score (nSPS) is 24.8. The lowest BCUT2D eigenvalue weighted by Crippen LogP contribution is -2.32. The number of thiophene rings is 1. The molecule has 2 nitrogen and oxygen atoms in total. The topological polar surface area (TPSA) is 43.1 Å². The van der Waals surface area contributed by atoms with Crippen molar-refractivity contribution in [2.24, 2.45) is 17.6 Å². The van der Waals surface area contributed by atoms with Crippen LogP contribution < -0.4 is 5.73 Å². The van der Waals surface area contributed by atoms with Crippen LogP contribution >= 0.6 is 11.3 Å². The van der Waals surface area contributed by atoms with Crippen molar-refractivity contribution in [1.29, 1.82) is 0 Å². The molecular weight excluding hydrogens is 230 g/mol. The van der Waals surface area contributed by atoms with Crippen LogP contribution in [-0.2, 0) is 11.2 Å². The summed E-state index contributed by atoms with van der Waals surface area (Å²) < 4.78 is 0. The predicted molar refractivity (Wildman–Crippen MR) is 72.1 cm³/mol. The second-order valence-electron chi connectivity index (χ2n) is 4.98. The summed E-state index contributed by atoms with van der Waals surface area (Å²) in [6.45, 7) is 0.675. The zero-order valence-electron chi connectivity index (χ0n) is 10.2. The number of aryl methyl sites for hydroxylation is 1. The Labute approximate surface area is 107 Å². The van der Waals surface area contributed by atoms with Gasteiger partial charge in [-0.1, -0.05) is 12.8 Å². The standard InChI is InChI=1S/C14H21NOS/c15-9-12-3-1-2-4-13(12)14(16)6-5-11-7-8-17-10-11/h7-8,10,12-13H,1-6,9,15H2. The maximum atomic E-state index is 12.2. The van der Waals surface area contributed by atoms with Gasteiger partial charge in [-0.05, 0) is 54.1 Å². The first-order valence-corrected chi connectivity index (χ1v) is 7.49. The number of ketones is 1. The van der Waals surface area contributed by atoms with E-state index >= 15 is 0 Å². The molecule has 1 heterocycles. The van der Waals surface area contributed by atoms with Gasteiger partial charge in [0, 0.05) is 12.3 Å². The van der Waals surface area contributed by atoms with E-state index in [2.05, 4.69) is 16.8 Å². The van der Waals surface area contributed by atoms with Crippen molar-refractivity contribution in [2.45, 2.75) is 38.5 Å². The lowest BCUT2D eigenvalue weighted by Gasteiger charge is -2.29. The van der Waals surface area contributed by atoms with E-state index in [4.69, 9.17) is 5.73 Å². The van der Waals surface area contributed by atoms with E-state index < -0.39 is 0 Å². The van der Waals surface area contributed by atoms with E-state index in [9.17, 15) is 4.79 Å². The van der Waals surface area contributed by atoms with Crippen LogP contribution in [0.5, 0.6) is 0 Å². The highest BCUT2D eigenvalue weighted by Crippen LogP contribution is 2.31. The van der Waals surface area contributed by atoms with Crippen LogP contribution in [0.15, 0.2) is 16.8 Å². The van der Waals surface area contributed by atoms with Gasteiger partial charge >= 0.3 is 0 Å². The monoisotopic (exact) mass is 251 g/mol. The van der Waals surface area contributed by atoms with Gasteiger partial charge in [0.25, 0.3) is 0 Å². The molecule has 2 N–H and O–H groups in total. The van der Waals surface area contributed by atoms with Crippen molar-refractivity contribution in [1.82, 2.24) is 0 Å². The molecule has 3 heteroatoms. The van der Waals surface area contributed by atoms with Crippen LogP contribution in [0.2, 0.25) is 0 Å². The number of carbonyl (C=O) groups excluding carboxylic acids is 1. The lowest BCUT2D eigenvalue weighted by molar-refractivity contribution is -0.125. The molecule has 17 heavy (non-hydrogen) atoms. The maximum absolute atomic E-state index is 12.2. The van der Waals surface area contributed by atoms with Crippen molar-refractivity contribution >= 4 is 17.1 Å². The van der Waals surface area contributed by atoms with Crippen LogP contribution in [-0.4, -0.2) is 12.3 Å². The first-order valence-electron chi connectivity index (χ1n) is 6.55. The highest BCUT2D eigenvalue weighted by atomic mass is 32.1.